The maximum atomic E-state index is 14.0. The van der Waals surface area contributed by atoms with Gasteiger partial charge in [0.15, 0.2) is 5.41 Å². The third-order valence-electron chi connectivity index (χ3n) is 4.93. The number of para-hydroxylation sites is 1. The Hall–Kier alpha value is -1.99. The Kier molecular flexibility index (Phi) is 5.81. The Morgan fingerprint density at radius 2 is 1.81 bits per heavy atom. The molecular weight excluding hydrogens is 373 g/mol. The van der Waals surface area contributed by atoms with Gasteiger partial charge in [0.1, 0.15) is 0 Å². The molecule has 1 unspecified atom stereocenters. The number of nitrogens with zero attached hydrogens (tertiary/aromatic N) is 1. The zero-order chi connectivity index (χ0) is 19.5. The van der Waals surface area contributed by atoms with Gasteiger partial charge in [-0.3, -0.25) is 9.69 Å². The zero-order valence-electron chi connectivity index (χ0n) is 14.9. The minimum absolute atomic E-state index is 0.228. The first kappa shape index (κ1) is 19.8. The van der Waals surface area contributed by atoms with Gasteiger partial charge in [0.2, 0.25) is 5.91 Å². The molecule has 0 saturated carbocycles. The highest BCUT2D eigenvalue weighted by Crippen LogP contribution is 2.47. The van der Waals surface area contributed by atoms with Gasteiger partial charge >= 0.3 is 6.18 Å². The zero-order valence-corrected chi connectivity index (χ0v) is 15.7. The summed E-state index contributed by atoms with van der Waals surface area (Å²) in [7, 11) is 0. The lowest BCUT2D eigenvalue weighted by atomic mass is 9.85. The van der Waals surface area contributed by atoms with E-state index in [0.29, 0.717) is 12.2 Å². The standard InChI is InChI=1S/C20H21F3N2OS/c1-27-17-10-6-5-9-16(17)24-18(26)19(20(21,22)23)11-12-25(14-19)13-15-7-3-2-4-8-15/h2-10H,11-14H2,1H3,(H,24,26). The van der Waals surface area contributed by atoms with Crippen LogP contribution in [-0.2, 0) is 11.3 Å². The number of halogens is 3. The summed E-state index contributed by atoms with van der Waals surface area (Å²) < 4.78 is 41.9. The fraction of sp³-hybridized carbons (Fsp3) is 0.350. The number of benzene rings is 2. The number of carbonyl (C=O) groups excluding carboxylic acids is 1. The van der Waals surface area contributed by atoms with Crippen LogP contribution < -0.4 is 5.32 Å². The van der Waals surface area contributed by atoms with Crippen LogP contribution in [0.25, 0.3) is 0 Å². The number of amides is 1. The van der Waals surface area contributed by atoms with Crippen molar-refractivity contribution < 1.29 is 18.0 Å². The topological polar surface area (TPSA) is 32.3 Å². The Bertz CT molecular complexity index is 797. The molecule has 1 aliphatic rings. The molecule has 0 bridgehead atoms. The first-order valence-electron chi connectivity index (χ1n) is 8.63. The van der Waals surface area contributed by atoms with Crippen LogP contribution >= 0.6 is 11.8 Å². The molecule has 2 aromatic rings. The highest BCUT2D eigenvalue weighted by atomic mass is 32.2. The van der Waals surface area contributed by atoms with Gasteiger partial charge in [0.25, 0.3) is 0 Å². The molecule has 1 saturated heterocycles. The maximum absolute atomic E-state index is 14.0. The monoisotopic (exact) mass is 394 g/mol. The van der Waals surface area contributed by atoms with E-state index in [4.69, 9.17) is 0 Å². The van der Waals surface area contributed by atoms with Crippen molar-refractivity contribution in [3.63, 3.8) is 0 Å². The minimum Gasteiger partial charge on any atom is -0.324 e. The van der Waals surface area contributed by atoms with Gasteiger partial charge in [0, 0.05) is 18.0 Å². The third kappa shape index (κ3) is 4.14. The predicted octanol–water partition coefficient (Wildman–Crippen LogP) is 4.80. The average molecular weight is 394 g/mol. The lowest BCUT2D eigenvalue weighted by Crippen LogP contribution is -2.50. The minimum atomic E-state index is -4.61. The van der Waals surface area contributed by atoms with E-state index in [1.165, 1.54) is 11.8 Å². The highest BCUT2D eigenvalue weighted by Gasteiger charge is 2.63. The van der Waals surface area contributed by atoms with E-state index in [1.807, 2.05) is 36.6 Å². The quantitative estimate of drug-likeness (QED) is 0.740. The highest BCUT2D eigenvalue weighted by molar-refractivity contribution is 7.98. The number of hydrogen-bond acceptors (Lipinski definition) is 3. The lowest BCUT2D eigenvalue weighted by Gasteiger charge is -2.31. The van der Waals surface area contributed by atoms with Crippen LogP contribution in [0.2, 0.25) is 0 Å². The van der Waals surface area contributed by atoms with E-state index in [2.05, 4.69) is 5.32 Å². The summed E-state index contributed by atoms with van der Waals surface area (Å²) in [5, 5.41) is 2.53. The number of hydrogen-bond donors (Lipinski definition) is 1. The number of carbonyl (C=O) groups is 1. The summed E-state index contributed by atoms with van der Waals surface area (Å²) >= 11 is 1.38. The Morgan fingerprint density at radius 1 is 1.15 bits per heavy atom. The fourth-order valence-electron chi connectivity index (χ4n) is 3.40. The van der Waals surface area contributed by atoms with Crippen molar-refractivity contribution in [3.05, 3.63) is 60.2 Å². The van der Waals surface area contributed by atoms with Crippen LogP contribution in [-0.4, -0.2) is 36.3 Å². The van der Waals surface area contributed by atoms with Crippen LogP contribution in [0.15, 0.2) is 59.5 Å². The van der Waals surface area contributed by atoms with E-state index in [1.54, 1.807) is 29.2 Å². The second kappa shape index (κ2) is 7.94. The first-order chi connectivity index (χ1) is 12.9. The molecule has 0 aliphatic carbocycles. The van der Waals surface area contributed by atoms with Crippen LogP contribution in [0.4, 0.5) is 18.9 Å². The van der Waals surface area contributed by atoms with Crippen LogP contribution in [0.1, 0.15) is 12.0 Å². The SMILES string of the molecule is CSc1ccccc1NC(=O)C1(C(F)(F)F)CCN(Cc2ccccc2)C1. The molecule has 1 heterocycles. The Morgan fingerprint density at radius 3 is 2.48 bits per heavy atom. The molecule has 1 aliphatic heterocycles. The number of anilines is 1. The van der Waals surface area contributed by atoms with Crippen molar-refractivity contribution in [3.8, 4) is 0 Å². The molecule has 1 fully saturated rings. The van der Waals surface area contributed by atoms with Gasteiger partial charge in [-0.2, -0.15) is 13.2 Å². The summed E-state index contributed by atoms with van der Waals surface area (Å²) in [5.41, 5.74) is -1.04. The summed E-state index contributed by atoms with van der Waals surface area (Å²) in [5.74, 6) is -0.980. The number of alkyl halides is 3. The van der Waals surface area contributed by atoms with Crippen LogP contribution in [0, 0.1) is 5.41 Å². The number of thioether (sulfide) groups is 1. The van der Waals surface area contributed by atoms with E-state index in [-0.39, 0.29) is 19.5 Å². The molecule has 27 heavy (non-hydrogen) atoms. The smallest absolute Gasteiger partial charge is 0.324 e. The molecule has 0 aromatic heterocycles. The van der Waals surface area contributed by atoms with Gasteiger partial charge in [-0.1, -0.05) is 42.5 Å². The van der Waals surface area contributed by atoms with E-state index >= 15 is 0 Å². The average Bonchev–Trinajstić information content (AvgIpc) is 3.08. The van der Waals surface area contributed by atoms with Gasteiger partial charge in [-0.15, -0.1) is 11.8 Å². The maximum Gasteiger partial charge on any atom is 0.404 e. The molecule has 1 amide bonds. The number of likely N-dealkylation sites (tertiary alicyclic amines) is 1. The molecule has 144 valence electrons. The van der Waals surface area contributed by atoms with E-state index < -0.39 is 17.5 Å². The molecular formula is C20H21F3N2OS. The van der Waals surface area contributed by atoms with Crippen molar-refractivity contribution >= 4 is 23.4 Å². The summed E-state index contributed by atoms with van der Waals surface area (Å²) in [4.78, 5) is 15.2. The molecule has 1 atom stereocenters. The number of rotatable bonds is 5. The first-order valence-corrected chi connectivity index (χ1v) is 9.86. The predicted molar refractivity (Wildman–Crippen MR) is 102 cm³/mol. The summed E-state index contributed by atoms with van der Waals surface area (Å²) in [6.45, 7) is 0.290. The van der Waals surface area contributed by atoms with Crippen molar-refractivity contribution in [2.45, 2.75) is 24.0 Å². The second-order valence-electron chi connectivity index (χ2n) is 6.68. The lowest BCUT2D eigenvalue weighted by molar-refractivity contribution is -0.215. The largest absolute Gasteiger partial charge is 0.404 e. The van der Waals surface area contributed by atoms with Gasteiger partial charge < -0.3 is 5.32 Å². The summed E-state index contributed by atoms with van der Waals surface area (Å²) in [6, 6.07) is 16.2. The van der Waals surface area contributed by atoms with Crippen LogP contribution in [0.3, 0.4) is 0 Å². The molecule has 3 nitrogen and oxygen atoms in total. The van der Waals surface area contributed by atoms with Crippen molar-refractivity contribution in [2.75, 3.05) is 24.7 Å². The van der Waals surface area contributed by atoms with E-state index in [9.17, 15) is 18.0 Å². The van der Waals surface area contributed by atoms with E-state index in [0.717, 1.165) is 10.5 Å². The van der Waals surface area contributed by atoms with Gasteiger partial charge in [-0.05, 0) is 36.9 Å². The summed E-state index contributed by atoms with van der Waals surface area (Å²) in [6.07, 6.45) is -3.03. The molecule has 7 heteroatoms. The number of nitrogens with one attached hydrogen (secondary N) is 1. The normalized spacial score (nSPS) is 20.6. The van der Waals surface area contributed by atoms with Crippen molar-refractivity contribution in [1.29, 1.82) is 0 Å². The molecule has 1 N–H and O–H groups in total. The molecule has 2 aromatic carbocycles. The Labute approximate surface area is 160 Å². The molecule has 0 spiro atoms. The van der Waals surface area contributed by atoms with Crippen molar-refractivity contribution in [1.82, 2.24) is 4.90 Å². The molecule has 0 radical (unpaired) electrons. The third-order valence-corrected chi connectivity index (χ3v) is 5.73. The van der Waals surface area contributed by atoms with Crippen molar-refractivity contribution in [2.24, 2.45) is 5.41 Å². The fourth-order valence-corrected chi connectivity index (χ4v) is 3.95. The Balaban J connectivity index is 1.81. The van der Waals surface area contributed by atoms with Gasteiger partial charge in [-0.25, -0.2) is 0 Å². The molecule has 3 rings (SSSR count). The second-order valence-corrected chi connectivity index (χ2v) is 7.53. The van der Waals surface area contributed by atoms with Gasteiger partial charge in [0.05, 0.1) is 5.69 Å². The van der Waals surface area contributed by atoms with Crippen LogP contribution in [0.5, 0.6) is 0 Å².